The molecule has 3 aromatic rings. The number of benzene rings is 3. The lowest BCUT2D eigenvalue weighted by Crippen LogP contribution is -2.51. The molecule has 4 N–H and O–H groups in total. The van der Waals surface area contributed by atoms with Crippen LogP contribution in [0.3, 0.4) is 0 Å². The highest BCUT2D eigenvalue weighted by Crippen LogP contribution is 2.17. The Bertz CT molecular complexity index is 1170. The molecule has 34 heavy (non-hydrogen) atoms. The fourth-order valence-electron chi connectivity index (χ4n) is 4.13. The van der Waals surface area contributed by atoms with Crippen molar-refractivity contribution < 1.29 is 9.59 Å². The van der Waals surface area contributed by atoms with Gasteiger partial charge in [-0.25, -0.2) is 9.80 Å². The summed E-state index contributed by atoms with van der Waals surface area (Å²) in [5, 5.41) is 11.1. The average Bonchev–Trinajstić information content (AvgIpc) is 3.12. The molecule has 3 aromatic carbocycles. The number of nitrogens with zero attached hydrogens (tertiary/aromatic N) is 2. The molecule has 4 rings (SSSR count). The summed E-state index contributed by atoms with van der Waals surface area (Å²) in [4.78, 5) is 28.4. The predicted octanol–water partition coefficient (Wildman–Crippen LogP) is 4.69. The second-order valence-corrected chi connectivity index (χ2v) is 8.39. The first-order valence-electron chi connectivity index (χ1n) is 11.3. The van der Waals surface area contributed by atoms with Gasteiger partial charge < -0.3 is 10.6 Å². The van der Waals surface area contributed by atoms with Gasteiger partial charge in [-0.1, -0.05) is 61.4 Å². The van der Waals surface area contributed by atoms with Gasteiger partial charge in [0.05, 0.1) is 6.54 Å². The summed E-state index contributed by atoms with van der Waals surface area (Å²) in [5.41, 5.74) is 10.3. The summed E-state index contributed by atoms with van der Waals surface area (Å²) in [5.74, 6) is -0.380. The van der Waals surface area contributed by atoms with Gasteiger partial charge in [0.15, 0.2) is 0 Å². The van der Waals surface area contributed by atoms with E-state index in [9.17, 15) is 9.59 Å². The van der Waals surface area contributed by atoms with E-state index in [0.29, 0.717) is 24.2 Å². The van der Waals surface area contributed by atoms with Crippen molar-refractivity contribution >= 4 is 41.0 Å². The lowest BCUT2D eigenvalue weighted by molar-refractivity contribution is 0.0768. The molecular weight excluding hydrogens is 450 g/mol. The molecule has 0 unspecified atom stereocenters. The van der Waals surface area contributed by atoms with Gasteiger partial charge in [0.2, 0.25) is 0 Å². The fraction of sp³-hybridized carbons (Fsp3) is 0.269. The molecule has 1 heterocycles. The number of nitrogens with two attached hydrogens (primary N) is 1. The summed E-state index contributed by atoms with van der Waals surface area (Å²) < 4.78 is 0. The van der Waals surface area contributed by atoms with E-state index in [-0.39, 0.29) is 36.7 Å². The van der Waals surface area contributed by atoms with Crippen LogP contribution in [0.5, 0.6) is 0 Å². The Morgan fingerprint density at radius 2 is 1.59 bits per heavy atom. The minimum Gasteiger partial charge on any atom is -0.384 e. The minimum atomic E-state index is -0.341. The molecular formula is C26H30ClN5O2. The van der Waals surface area contributed by atoms with Crippen LogP contribution in [0, 0.1) is 5.41 Å². The minimum absolute atomic E-state index is 0. The first-order chi connectivity index (χ1) is 16.0. The largest absolute Gasteiger partial charge is 0.384 e. The fourth-order valence-corrected chi connectivity index (χ4v) is 4.13. The molecule has 0 spiro atoms. The van der Waals surface area contributed by atoms with Gasteiger partial charge >= 0.3 is 6.03 Å². The Kier molecular flexibility index (Phi) is 8.49. The average molecular weight is 480 g/mol. The molecule has 1 fully saturated rings. The number of hydrogen-bond acceptors (Lipinski definition) is 3. The molecule has 1 saturated heterocycles. The van der Waals surface area contributed by atoms with Gasteiger partial charge in [-0.15, -0.1) is 12.4 Å². The zero-order chi connectivity index (χ0) is 23.2. The maximum atomic E-state index is 13.4. The Labute approximate surface area is 205 Å². The van der Waals surface area contributed by atoms with Crippen molar-refractivity contribution in [1.82, 2.24) is 15.3 Å². The molecule has 7 nitrogen and oxygen atoms in total. The molecule has 8 heteroatoms. The summed E-state index contributed by atoms with van der Waals surface area (Å²) in [6.45, 7) is 1.53. The molecule has 0 atom stereocenters. The number of rotatable bonds is 4. The SMILES string of the molecule is Cl.N=C(N)c1cccc(CN(NC(=O)c2ccc3ccccc3c2)C(=O)N2CCCCCC2)c1. The van der Waals surface area contributed by atoms with Crippen LogP contribution in [0.4, 0.5) is 4.79 Å². The van der Waals surface area contributed by atoms with E-state index in [4.69, 9.17) is 11.1 Å². The first-order valence-corrected chi connectivity index (χ1v) is 11.3. The number of carbonyl (C=O) groups is 2. The smallest absolute Gasteiger partial charge is 0.339 e. The lowest BCUT2D eigenvalue weighted by Gasteiger charge is -2.30. The first kappa shape index (κ1) is 25.1. The van der Waals surface area contributed by atoms with Crippen LogP contribution in [-0.2, 0) is 6.54 Å². The van der Waals surface area contributed by atoms with Crippen LogP contribution in [0.15, 0.2) is 66.7 Å². The maximum Gasteiger partial charge on any atom is 0.339 e. The van der Waals surface area contributed by atoms with E-state index >= 15 is 0 Å². The normalized spacial score (nSPS) is 13.5. The third-order valence-corrected chi connectivity index (χ3v) is 5.93. The number of amides is 3. The molecule has 0 aromatic heterocycles. The lowest BCUT2D eigenvalue weighted by atomic mass is 10.1. The molecule has 0 radical (unpaired) electrons. The number of amidine groups is 1. The van der Waals surface area contributed by atoms with Gasteiger partial charge in [0.25, 0.3) is 5.91 Å². The summed E-state index contributed by atoms with van der Waals surface area (Å²) in [6.07, 6.45) is 4.12. The number of halogens is 1. The highest BCUT2D eigenvalue weighted by atomic mass is 35.5. The van der Waals surface area contributed by atoms with Crippen LogP contribution < -0.4 is 11.2 Å². The zero-order valence-electron chi connectivity index (χ0n) is 19.0. The monoisotopic (exact) mass is 479 g/mol. The van der Waals surface area contributed by atoms with Crippen molar-refractivity contribution in [2.75, 3.05) is 13.1 Å². The third kappa shape index (κ3) is 6.05. The number of hydrazine groups is 1. The van der Waals surface area contributed by atoms with Crippen LogP contribution in [0.25, 0.3) is 10.8 Å². The third-order valence-electron chi connectivity index (χ3n) is 5.93. The number of carbonyl (C=O) groups excluding carboxylic acids is 2. The molecule has 0 bridgehead atoms. The van der Waals surface area contributed by atoms with E-state index in [1.807, 2.05) is 47.4 Å². The van der Waals surface area contributed by atoms with Crippen molar-refractivity contribution in [2.24, 2.45) is 5.73 Å². The van der Waals surface area contributed by atoms with Gasteiger partial charge in [0.1, 0.15) is 5.84 Å². The number of nitrogen functional groups attached to an aromatic ring is 1. The molecule has 1 aliphatic rings. The highest BCUT2D eigenvalue weighted by molar-refractivity contribution is 5.99. The topological polar surface area (TPSA) is 103 Å². The standard InChI is InChI=1S/C26H29N5O2.ClH/c27-24(28)22-11-7-8-19(16-22)18-31(26(33)30-14-5-1-2-6-15-30)29-25(32)23-13-12-20-9-3-4-10-21(20)17-23;/h3-4,7-13,16-17H,1-2,5-6,14-15,18H2,(H3,27,28)(H,29,32);1H. The van der Waals surface area contributed by atoms with Crippen LogP contribution in [-0.4, -0.2) is 40.8 Å². The zero-order valence-corrected chi connectivity index (χ0v) is 19.8. The van der Waals surface area contributed by atoms with Crippen molar-refractivity contribution in [1.29, 1.82) is 5.41 Å². The van der Waals surface area contributed by atoms with E-state index in [2.05, 4.69) is 5.43 Å². The highest BCUT2D eigenvalue weighted by Gasteiger charge is 2.24. The number of urea groups is 1. The maximum absolute atomic E-state index is 13.4. The number of hydrogen-bond donors (Lipinski definition) is 3. The summed E-state index contributed by atoms with van der Waals surface area (Å²) in [7, 11) is 0. The van der Waals surface area contributed by atoms with Crippen molar-refractivity contribution in [3.8, 4) is 0 Å². The molecule has 0 saturated carbocycles. The van der Waals surface area contributed by atoms with E-state index in [0.717, 1.165) is 42.0 Å². The van der Waals surface area contributed by atoms with Gasteiger partial charge in [-0.3, -0.25) is 15.6 Å². The number of likely N-dealkylation sites (tertiary alicyclic amines) is 1. The predicted molar refractivity (Wildman–Crippen MR) is 137 cm³/mol. The van der Waals surface area contributed by atoms with Crippen molar-refractivity contribution in [3.63, 3.8) is 0 Å². The molecule has 3 amide bonds. The van der Waals surface area contributed by atoms with E-state index in [1.54, 1.807) is 24.3 Å². The molecule has 0 aliphatic carbocycles. The van der Waals surface area contributed by atoms with Crippen molar-refractivity contribution in [3.05, 3.63) is 83.4 Å². The van der Waals surface area contributed by atoms with Gasteiger partial charge in [0, 0.05) is 24.2 Å². The van der Waals surface area contributed by atoms with Crippen LogP contribution in [0.1, 0.15) is 47.2 Å². The molecule has 178 valence electrons. The summed E-state index contributed by atoms with van der Waals surface area (Å²) >= 11 is 0. The quantitative estimate of drug-likeness (QED) is 0.287. The van der Waals surface area contributed by atoms with Gasteiger partial charge in [-0.05, 0) is 47.4 Å². The van der Waals surface area contributed by atoms with Crippen LogP contribution >= 0.6 is 12.4 Å². The Hall–Kier alpha value is -3.58. The Morgan fingerprint density at radius 3 is 2.29 bits per heavy atom. The summed E-state index contributed by atoms with van der Waals surface area (Å²) in [6, 6.07) is 20.3. The second-order valence-electron chi connectivity index (χ2n) is 8.39. The van der Waals surface area contributed by atoms with E-state index < -0.39 is 0 Å². The Morgan fingerprint density at radius 1 is 0.882 bits per heavy atom. The Balaban J connectivity index is 0.00000324. The number of fused-ring (bicyclic) bond motifs is 1. The molecule has 1 aliphatic heterocycles. The van der Waals surface area contributed by atoms with Crippen LogP contribution in [0.2, 0.25) is 0 Å². The van der Waals surface area contributed by atoms with Gasteiger partial charge in [-0.2, -0.15) is 0 Å². The number of nitrogens with one attached hydrogen (secondary N) is 2. The van der Waals surface area contributed by atoms with Crippen molar-refractivity contribution in [2.45, 2.75) is 32.2 Å². The van der Waals surface area contributed by atoms with E-state index in [1.165, 1.54) is 5.01 Å². The second kappa shape index (κ2) is 11.5.